The van der Waals surface area contributed by atoms with E-state index in [2.05, 4.69) is 82.8 Å². The number of benzene rings is 5. The van der Waals surface area contributed by atoms with E-state index in [9.17, 15) is 37.7 Å². The quantitative estimate of drug-likeness (QED) is 0.0168. The number of carboxylic acid groups (broad SMARTS) is 1. The molecule has 2 aliphatic rings. The van der Waals surface area contributed by atoms with Crippen molar-refractivity contribution >= 4 is 95.7 Å². The predicted octanol–water partition coefficient (Wildman–Crippen LogP) is 9.41. The van der Waals surface area contributed by atoms with Crippen LogP contribution in [0.4, 0.5) is 22.7 Å². The molecule has 2 aliphatic heterocycles. The Labute approximate surface area is 389 Å². The minimum absolute atomic E-state index is 0.0505. The molecule has 16 heteroatoms. The minimum Gasteiger partial charge on any atom is -0.744 e. The lowest BCUT2D eigenvalue weighted by Gasteiger charge is -2.18. The van der Waals surface area contributed by atoms with Crippen molar-refractivity contribution in [3.8, 4) is 0 Å². The lowest BCUT2D eigenvalue weighted by Crippen LogP contribution is -2.27. The number of nitrogens with zero attached hydrogens (tertiary/aromatic N) is 2. The summed E-state index contributed by atoms with van der Waals surface area (Å²) in [5.41, 5.74) is 7.01. The number of hydrogen-bond acceptors (Lipinski definition) is 10. The van der Waals surface area contributed by atoms with Gasteiger partial charge in [0.25, 0.3) is 0 Å². The van der Waals surface area contributed by atoms with E-state index in [1.165, 1.54) is 41.3 Å². The van der Waals surface area contributed by atoms with Gasteiger partial charge in [0.1, 0.15) is 23.2 Å². The van der Waals surface area contributed by atoms with E-state index in [1.54, 1.807) is 12.1 Å². The fraction of sp³-hybridized carbons (Fsp3) is 0.380. The molecule has 0 unspecified atom stereocenters. The molecule has 0 spiro atoms. The Bertz CT molecular complexity index is 2920. The van der Waals surface area contributed by atoms with Crippen molar-refractivity contribution in [2.24, 2.45) is 0 Å². The highest BCUT2D eigenvalue weighted by Gasteiger charge is 2.45. The number of carbonyl (C=O) groups is 3. The van der Waals surface area contributed by atoms with Crippen LogP contribution in [0.3, 0.4) is 0 Å². The number of aromatic carboxylic acids is 1. The normalized spacial score (nSPS) is 15.1. The zero-order valence-corrected chi connectivity index (χ0v) is 39.7. The third-order valence-corrected chi connectivity index (χ3v) is 14.8. The van der Waals surface area contributed by atoms with E-state index in [1.807, 2.05) is 30.3 Å². The van der Waals surface area contributed by atoms with Crippen LogP contribution in [-0.4, -0.2) is 69.5 Å². The van der Waals surface area contributed by atoms with Gasteiger partial charge in [-0.2, -0.15) is 13.5 Å². The van der Waals surface area contributed by atoms with Crippen LogP contribution in [0.15, 0.2) is 88.7 Å². The fourth-order valence-corrected chi connectivity index (χ4v) is 10.5. The molecule has 3 N–H and O–H groups in total. The lowest BCUT2D eigenvalue weighted by molar-refractivity contribution is -0.777. The van der Waals surface area contributed by atoms with Crippen molar-refractivity contribution in [1.29, 1.82) is 0 Å². The number of nitrogens with one attached hydrogen (secondary N) is 2. The zero-order valence-electron chi connectivity index (χ0n) is 38.1. The number of carboxylic acids is 1. The van der Waals surface area contributed by atoms with Crippen LogP contribution in [0, 0.1) is 0 Å². The van der Waals surface area contributed by atoms with Crippen LogP contribution in [-0.2, 0) is 39.9 Å². The van der Waals surface area contributed by atoms with Gasteiger partial charge in [-0.1, -0.05) is 18.6 Å². The molecule has 0 aliphatic carbocycles. The Morgan fingerprint density at radius 2 is 1.15 bits per heavy atom. The Morgan fingerprint density at radius 1 is 0.667 bits per heavy atom. The van der Waals surface area contributed by atoms with E-state index in [4.69, 9.17) is 0 Å². The number of fused-ring (bicyclic) bond motifs is 6. The molecule has 0 radical (unpaired) electrons. The SMILES string of the molecule is CC1=[N+](CCCCCCC(=O)Nc2cc(NC(=O)CCCCC[N+]3=C(C)C(C)(C)c4c3ccc3cc(SOO[O-])ccc43)cc(C(=O)O)c2)c2ccc3cc(S(=O)(=O)[O-])ccc3c2C1(C)C. The van der Waals surface area contributed by atoms with Gasteiger partial charge in [0, 0.05) is 79.1 Å². The Kier molecular flexibility index (Phi) is 14.5. The minimum atomic E-state index is -4.56. The number of carbonyl (C=O) groups excluding carboxylic acids is 2. The first-order valence-electron chi connectivity index (χ1n) is 22.3. The highest BCUT2D eigenvalue weighted by molar-refractivity contribution is 7.94. The number of hydrogen-bond donors (Lipinski definition) is 3. The van der Waals surface area contributed by atoms with Gasteiger partial charge in [0.05, 0.1) is 33.3 Å². The summed E-state index contributed by atoms with van der Waals surface area (Å²) in [7, 11) is -4.56. The second-order valence-corrected chi connectivity index (χ2v) is 20.4. The molecule has 5 aromatic carbocycles. The summed E-state index contributed by atoms with van der Waals surface area (Å²) in [6, 6.07) is 22.8. The maximum Gasteiger partial charge on any atom is 0.335 e. The molecule has 14 nitrogen and oxygen atoms in total. The van der Waals surface area contributed by atoms with Gasteiger partial charge in [-0.15, -0.1) is 0 Å². The monoisotopic (exact) mass is 936 g/mol. The highest BCUT2D eigenvalue weighted by Crippen LogP contribution is 2.46. The average molecular weight is 937 g/mol. The van der Waals surface area contributed by atoms with Crippen molar-refractivity contribution in [3.05, 3.63) is 95.6 Å². The van der Waals surface area contributed by atoms with Crippen LogP contribution in [0.25, 0.3) is 21.5 Å². The third kappa shape index (κ3) is 10.2. The van der Waals surface area contributed by atoms with E-state index in [-0.39, 0.29) is 45.9 Å². The van der Waals surface area contributed by atoms with Gasteiger partial charge < -0.3 is 25.6 Å². The summed E-state index contributed by atoms with van der Waals surface area (Å²) in [6.07, 6.45) is 6.04. The van der Waals surface area contributed by atoms with Crippen LogP contribution in [0.2, 0.25) is 0 Å². The number of unbranched alkanes of at least 4 members (excludes halogenated alkanes) is 5. The molecule has 66 heavy (non-hydrogen) atoms. The average Bonchev–Trinajstić information content (AvgIpc) is 3.59. The molecule has 2 amide bonds. The number of rotatable bonds is 20. The Hall–Kier alpha value is -5.49. The molecule has 0 saturated heterocycles. The van der Waals surface area contributed by atoms with Crippen molar-refractivity contribution in [1.82, 2.24) is 0 Å². The van der Waals surface area contributed by atoms with Crippen molar-refractivity contribution < 1.29 is 56.2 Å². The van der Waals surface area contributed by atoms with E-state index in [0.29, 0.717) is 29.6 Å². The Morgan fingerprint density at radius 3 is 1.65 bits per heavy atom. The fourth-order valence-electron chi connectivity index (χ4n) is 9.57. The summed E-state index contributed by atoms with van der Waals surface area (Å²) >= 11 is 0.867. The lowest BCUT2D eigenvalue weighted by atomic mass is 9.80. The highest BCUT2D eigenvalue weighted by atomic mass is 32.2. The molecule has 5 aromatic rings. The molecule has 2 heterocycles. The van der Waals surface area contributed by atoms with Crippen LogP contribution < -0.4 is 15.9 Å². The molecule has 0 atom stereocenters. The summed E-state index contributed by atoms with van der Waals surface area (Å²) < 4.78 is 44.1. The van der Waals surface area contributed by atoms with Crippen molar-refractivity contribution in [2.75, 3.05) is 23.7 Å². The van der Waals surface area contributed by atoms with Crippen LogP contribution in [0.1, 0.15) is 121 Å². The molecule has 7 rings (SSSR count). The topological polar surface area (TPSA) is 200 Å². The Balaban J connectivity index is 0.862. The van der Waals surface area contributed by atoms with Crippen molar-refractivity contribution in [2.45, 2.75) is 120 Å². The molecule has 0 saturated carbocycles. The van der Waals surface area contributed by atoms with Crippen LogP contribution in [0.5, 0.6) is 0 Å². The van der Waals surface area contributed by atoms with Gasteiger partial charge in [-0.3, -0.25) is 14.6 Å². The van der Waals surface area contributed by atoms with E-state index < -0.39 is 16.1 Å². The van der Waals surface area contributed by atoms with Gasteiger partial charge >= 0.3 is 5.97 Å². The molecular weight excluding hydrogens is 881 g/mol. The maximum absolute atomic E-state index is 13.0. The van der Waals surface area contributed by atoms with Gasteiger partial charge in [-0.05, 0) is 130 Å². The van der Waals surface area contributed by atoms with Crippen LogP contribution >= 0.6 is 12.0 Å². The standard InChI is InChI=1S/C50H56N4O10S2/c1-31-49(3,4)46-40-20-18-38(65-64-63-59)28-33(40)16-22-42(46)54(31)25-13-9-11-15-45(56)52-37-27-35(48(57)58)26-36(30-37)51-44(55)14-10-7-8-12-24-53-32(2)50(5,6)47-41-21-19-39(66(60,61)62)29-34(41)17-23-43(47)53/h16-23,26-30H,7-15,24-25H2,1-6H3,(H3-2,51,52,55,56,57,58,59,60,61,62). The maximum atomic E-state index is 13.0. The predicted molar refractivity (Wildman–Crippen MR) is 253 cm³/mol. The summed E-state index contributed by atoms with van der Waals surface area (Å²) in [4.78, 5) is 38.5. The summed E-state index contributed by atoms with van der Waals surface area (Å²) in [5.74, 6) is -1.66. The van der Waals surface area contributed by atoms with Gasteiger partial charge in [-0.25, -0.2) is 13.2 Å². The molecule has 348 valence electrons. The van der Waals surface area contributed by atoms with E-state index in [0.717, 1.165) is 95.2 Å². The third-order valence-electron chi connectivity index (χ3n) is 13.4. The smallest absolute Gasteiger partial charge is 0.335 e. The first-order valence-corrected chi connectivity index (χ1v) is 24.4. The van der Waals surface area contributed by atoms with Crippen molar-refractivity contribution in [3.63, 3.8) is 0 Å². The molecule has 0 bridgehead atoms. The van der Waals surface area contributed by atoms with Gasteiger partial charge in [0.15, 0.2) is 11.4 Å². The molecular formula is C50H56N4O10S2. The summed E-state index contributed by atoms with van der Waals surface area (Å²) in [6.45, 7) is 14.5. The first-order chi connectivity index (χ1) is 31.3. The second-order valence-electron chi connectivity index (χ2n) is 18.3. The largest absolute Gasteiger partial charge is 0.744 e. The molecule has 0 fully saturated rings. The van der Waals surface area contributed by atoms with Gasteiger partial charge in [0.2, 0.25) is 23.2 Å². The summed E-state index contributed by atoms with van der Waals surface area (Å²) in [5, 5.41) is 33.0. The first kappa shape index (κ1) is 48.4. The second kappa shape index (κ2) is 19.8. The number of anilines is 2. The molecule has 0 aromatic heterocycles. The zero-order chi connectivity index (χ0) is 47.6. The number of amides is 2. The van der Waals surface area contributed by atoms with E-state index >= 15 is 0 Å².